The molecule has 0 aliphatic rings. The van der Waals surface area contributed by atoms with Crippen molar-refractivity contribution in [3.63, 3.8) is 0 Å². The average molecular weight is 369 g/mol. The van der Waals surface area contributed by atoms with E-state index in [1.165, 1.54) is 0 Å². The van der Waals surface area contributed by atoms with Crippen LogP contribution in [0.15, 0.2) is 36.4 Å². The SMILES string of the molecule is COc1ccc(COc2ccc(C[C@H](C)C(=O)O)cc2Cl)cc1Cl. The molecule has 2 rings (SSSR count). The van der Waals surface area contributed by atoms with E-state index < -0.39 is 11.9 Å². The Labute approximate surface area is 150 Å². The van der Waals surface area contributed by atoms with Gasteiger partial charge in [0, 0.05) is 0 Å². The summed E-state index contributed by atoms with van der Waals surface area (Å²) in [4.78, 5) is 10.9. The molecular weight excluding hydrogens is 351 g/mol. The fourth-order valence-corrected chi connectivity index (χ4v) is 2.73. The van der Waals surface area contributed by atoms with Crippen molar-refractivity contribution in [2.45, 2.75) is 20.0 Å². The van der Waals surface area contributed by atoms with Crippen molar-refractivity contribution < 1.29 is 19.4 Å². The van der Waals surface area contributed by atoms with Crippen molar-refractivity contribution in [1.29, 1.82) is 0 Å². The highest BCUT2D eigenvalue weighted by molar-refractivity contribution is 6.32. The first-order valence-electron chi connectivity index (χ1n) is 7.37. The fourth-order valence-electron chi connectivity index (χ4n) is 2.19. The van der Waals surface area contributed by atoms with Gasteiger partial charge in [-0.1, -0.05) is 42.3 Å². The molecule has 0 saturated heterocycles. The van der Waals surface area contributed by atoms with E-state index in [2.05, 4.69) is 0 Å². The second-order valence-electron chi connectivity index (χ2n) is 5.47. The third-order valence-corrected chi connectivity index (χ3v) is 4.16. The van der Waals surface area contributed by atoms with Gasteiger partial charge in [-0.05, 0) is 41.8 Å². The van der Waals surface area contributed by atoms with E-state index in [4.69, 9.17) is 37.8 Å². The maximum atomic E-state index is 10.9. The van der Waals surface area contributed by atoms with E-state index in [0.29, 0.717) is 34.6 Å². The van der Waals surface area contributed by atoms with Crippen LogP contribution in [0.1, 0.15) is 18.1 Å². The van der Waals surface area contributed by atoms with Crippen LogP contribution in [-0.2, 0) is 17.8 Å². The fraction of sp³-hybridized carbons (Fsp3) is 0.278. The van der Waals surface area contributed by atoms with Crippen molar-refractivity contribution in [3.05, 3.63) is 57.6 Å². The Morgan fingerprint density at radius 3 is 2.25 bits per heavy atom. The number of carbonyl (C=O) groups is 1. The van der Waals surface area contributed by atoms with Crippen molar-refractivity contribution in [1.82, 2.24) is 0 Å². The highest BCUT2D eigenvalue weighted by atomic mass is 35.5. The minimum absolute atomic E-state index is 0.314. The molecule has 1 N–H and O–H groups in total. The van der Waals surface area contributed by atoms with Gasteiger partial charge >= 0.3 is 5.97 Å². The molecule has 0 aliphatic heterocycles. The number of carboxylic acids is 1. The molecule has 0 heterocycles. The Morgan fingerprint density at radius 2 is 1.67 bits per heavy atom. The van der Waals surface area contributed by atoms with Crippen molar-refractivity contribution >= 4 is 29.2 Å². The molecule has 0 amide bonds. The van der Waals surface area contributed by atoms with Gasteiger partial charge in [-0.15, -0.1) is 0 Å². The van der Waals surface area contributed by atoms with Crippen LogP contribution in [0, 0.1) is 5.92 Å². The molecule has 0 saturated carbocycles. The Balaban J connectivity index is 2.03. The Hall–Kier alpha value is -1.91. The number of hydrogen-bond donors (Lipinski definition) is 1. The zero-order valence-electron chi connectivity index (χ0n) is 13.4. The summed E-state index contributed by atoms with van der Waals surface area (Å²) in [6, 6.07) is 10.7. The largest absolute Gasteiger partial charge is 0.495 e. The first-order valence-corrected chi connectivity index (χ1v) is 8.12. The number of benzene rings is 2. The van der Waals surface area contributed by atoms with Gasteiger partial charge < -0.3 is 14.6 Å². The predicted molar refractivity (Wildman–Crippen MR) is 94.3 cm³/mol. The van der Waals surface area contributed by atoms with Crippen LogP contribution in [0.4, 0.5) is 0 Å². The molecule has 4 nitrogen and oxygen atoms in total. The van der Waals surface area contributed by atoms with E-state index in [0.717, 1.165) is 11.1 Å². The third kappa shape index (κ3) is 4.79. The summed E-state index contributed by atoms with van der Waals surface area (Å²) in [7, 11) is 1.56. The Kier molecular flexibility index (Phi) is 6.35. The quantitative estimate of drug-likeness (QED) is 0.759. The van der Waals surface area contributed by atoms with Crippen LogP contribution in [0.2, 0.25) is 10.0 Å². The van der Waals surface area contributed by atoms with Crippen LogP contribution in [0.3, 0.4) is 0 Å². The molecule has 24 heavy (non-hydrogen) atoms. The van der Waals surface area contributed by atoms with Gasteiger partial charge in [0.25, 0.3) is 0 Å². The number of aliphatic carboxylic acids is 1. The minimum atomic E-state index is -0.831. The van der Waals surface area contributed by atoms with Crippen molar-refractivity contribution in [2.24, 2.45) is 5.92 Å². The highest BCUT2D eigenvalue weighted by Gasteiger charge is 2.13. The van der Waals surface area contributed by atoms with Gasteiger partial charge in [0.2, 0.25) is 0 Å². The molecule has 0 fully saturated rings. The predicted octanol–water partition coefficient (Wildman–Crippen LogP) is 4.84. The summed E-state index contributed by atoms with van der Waals surface area (Å²) in [5, 5.41) is 9.93. The topological polar surface area (TPSA) is 55.8 Å². The van der Waals surface area contributed by atoms with Crippen LogP contribution < -0.4 is 9.47 Å². The Morgan fingerprint density at radius 1 is 1.08 bits per heavy atom. The lowest BCUT2D eigenvalue weighted by Crippen LogP contribution is -2.12. The van der Waals surface area contributed by atoms with E-state index in [1.54, 1.807) is 38.3 Å². The summed E-state index contributed by atoms with van der Waals surface area (Å²) in [5.41, 5.74) is 1.75. The van der Waals surface area contributed by atoms with Crippen LogP contribution in [0.25, 0.3) is 0 Å². The van der Waals surface area contributed by atoms with Crippen LogP contribution in [0.5, 0.6) is 11.5 Å². The molecule has 1 atom stereocenters. The maximum absolute atomic E-state index is 10.9. The summed E-state index contributed by atoms with van der Waals surface area (Å²) < 4.78 is 10.8. The number of methoxy groups -OCH3 is 1. The molecule has 0 aliphatic carbocycles. The zero-order chi connectivity index (χ0) is 17.7. The number of carboxylic acid groups (broad SMARTS) is 1. The second-order valence-corrected chi connectivity index (χ2v) is 6.28. The highest BCUT2D eigenvalue weighted by Crippen LogP contribution is 2.29. The lowest BCUT2D eigenvalue weighted by Gasteiger charge is -2.12. The summed E-state index contributed by atoms with van der Waals surface area (Å²) in [6.45, 7) is 1.97. The Bertz CT molecular complexity index is 731. The molecule has 0 aromatic heterocycles. The molecule has 2 aromatic carbocycles. The molecule has 6 heteroatoms. The molecule has 0 bridgehead atoms. The molecule has 0 radical (unpaired) electrons. The van der Waals surface area contributed by atoms with Gasteiger partial charge in [-0.3, -0.25) is 4.79 Å². The van der Waals surface area contributed by atoms with Crippen molar-refractivity contribution in [2.75, 3.05) is 7.11 Å². The monoisotopic (exact) mass is 368 g/mol. The number of rotatable bonds is 7. The summed E-state index contributed by atoms with van der Waals surface area (Å²) >= 11 is 12.3. The minimum Gasteiger partial charge on any atom is -0.495 e. The smallest absolute Gasteiger partial charge is 0.306 e. The second kappa shape index (κ2) is 8.27. The first-order chi connectivity index (χ1) is 11.4. The third-order valence-electron chi connectivity index (χ3n) is 3.57. The average Bonchev–Trinajstić information content (AvgIpc) is 2.54. The van der Waals surface area contributed by atoms with E-state index in [1.807, 2.05) is 12.1 Å². The van der Waals surface area contributed by atoms with Gasteiger partial charge in [0.15, 0.2) is 0 Å². The maximum Gasteiger partial charge on any atom is 0.306 e. The molecular formula is C18H18Cl2O4. The van der Waals surface area contributed by atoms with Gasteiger partial charge in [0.1, 0.15) is 18.1 Å². The standard InChI is InChI=1S/C18H18Cl2O4/c1-11(18(21)22)7-12-3-6-17(15(20)8-12)24-10-13-4-5-16(23-2)14(19)9-13/h3-6,8-9,11H,7,10H2,1-2H3,(H,21,22)/t11-/m0/s1. The van der Waals surface area contributed by atoms with Gasteiger partial charge in [-0.2, -0.15) is 0 Å². The lowest BCUT2D eigenvalue weighted by molar-refractivity contribution is -0.141. The first kappa shape index (κ1) is 18.4. The van der Waals surface area contributed by atoms with Crippen LogP contribution >= 0.6 is 23.2 Å². The molecule has 0 spiro atoms. The van der Waals surface area contributed by atoms with E-state index >= 15 is 0 Å². The van der Waals surface area contributed by atoms with Crippen molar-refractivity contribution in [3.8, 4) is 11.5 Å². The zero-order valence-corrected chi connectivity index (χ0v) is 14.9. The molecule has 2 aromatic rings. The summed E-state index contributed by atoms with van der Waals surface area (Å²) in [6.07, 6.45) is 0.420. The normalized spacial score (nSPS) is 11.8. The molecule has 0 unspecified atom stereocenters. The number of halogens is 2. The van der Waals surface area contributed by atoms with Gasteiger partial charge in [0.05, 0.1) is 23.1 Å². The number of hydrogen-bond acceptors (Lipinski definition) is 3. The lowest BCUT2D eigenvalue weighted by atomic mass is 10.0. The molecule has 128 valence electrons. The number of ether oxygens (including phenoxy) is 2. The van der Waals surface area contributed by atoms with E-state index in [-0.39, 0.29) is 0 Å². The van der Waals surface area contributed by atoms with Crippen LogP contribution in [-0.4, -0.2) is 18.2 Å². The van der Waals surface area contributed by atoms with Gasteiger partial charge in [-0.25, -0.2) is 0 Å². The summed E-state index contributed by atoms with van der Waals surface area (Å²) in [5.74, 6) is -0.150. The van der Waals surface area contributed by atoms with E-state index in [9.17, 15) is 4.79 Å².